The number of hydrogen-bond acceptors (Lipinski definition) is 8. The van der Waals surface area contributed by atoms with E-state index in [4.69, 9.17) is 9.52 Å². The SMILES string of the molecule is Cc1ccc(CNc2ncnc3sc(C(=O)N(C)CC(O)CO)c(C)c23)o1. The molecule has 0 saturated heterocycles. The summed E-state index contributed by atoms with van der Waals surface area (Å²) in [5.41, 5.74) is 0.782. The lowest BCUT2D eigenvalue weighted by Crippen LogP contribution is -2.35. The topological polar surface area (TPSA) is 112 Å². The molecule has 3 aromatic heterocycles. The molecule has 3 heterocycles. The average molecular weight is 390 g/mol. The van der Waals surface area contributed by atoms with Crippen molar-refractivity contribution < 1.29 is 19.4 Å². The molecule has 9 heteroatoms. The molecule has 27 heavy (non-hydrogen) atoms. The van der Waals surface area contributed by atoms with Crippen LogP contribution in [0.1, 0.15) is 26.8 Å². The first kappa shape index (κ1) is 19.3. The van der Waals surface area contributed by atoms with Crippen LogP contribution in [0.3, 0.4) is 0 Å². The van der Waals surface area contributed by atoms with Crippen LogP contribution in [0.15, 0.2) is 22.9 Å². The van der Waals surface area contributed by atoms with Crippen LogP contribution in [-0.4, -0.2) is 57.3 Å². The molecular weight excluding hydrogens is 368 g/mol. The highest BCUT2D eigenvalue weighted by atomic mass is 32.1. The Morgan fingerprint density at radius 2 is 2.15 bits per heavy atom. The number of thiophene rings is 1. The number of rotatable bonds is 7. The Balaban J connectivity index is 1.86. The molecule has 0 aromatic carbocycles. The monoisotopic (exact) mass is 390 g/mol. The first-order valence-electron chi connectivity index (χ1n) is 8.48. The molecule has 1 amide bonds. The summed E-state index contributed by atoms with van der Waals surface area (Å²) in [7, 11) is 1.59. The number of aliphatic hydroxyl groups is 2. The number of furan rings is 1. The summed E-state index contributed by atoms with van der Waals surface area (Å²) >= 11 is 1.29. The molecule has 0 aliphatic heterocycles. The largest absolute Gasteiger partial charge is 0.465 e. The van der Waals surface area contributed by atoms with E-state index in [1.807, 2.05) is 26.0 Å². The number of aliphatic hydroxyl groups excluding tert-OH is 2. The Morgan fingerprint density at radius 1 is 1.37 bits per heavy atom. The van der Waals surface area contributed by atoms with Crippen molar-refractivity contribution >= 4 is 33.3 Å². The van der Waals surface area contributed by atoms with Gasteiger partial charge in [0.25, 0.3) is 5.91 Å². The zero-order valence-electron chi connectivity index (χ0n) is 15.4. The van der Waals surface area contributed by atoms with E-state index in [2.05, 4.69) is 15.3 Å². The molecule has 0 bridgehead atoms. The maximum absolute atomic E-state index is 12.7. The van der Waals surface area contributed by atoms with Gasteiger partial charge in [-0.3, -0.25) is 4.79 Å². The lowest BCUT2D eigenvalue weighted by Gasteiger charge is -2.19. The molecule has 0 saturated carbocycles. The number of likely N-dealkylation sites (N-methyl/N-ethyl adjacent to an activating group) is 1. The van der Waals surface area contributed by atoms with Crippen LogP contribution < -0.4 is 5.32 Å². The van der Waals surface area contributed by atoms with E-state index in [0.29, 0.717) is 22.1 Å². The van der Waals surface area contributed by atoms with Gasteiger partial charge in [-0.05, 0) is 31.5 Å². The molecule has 0 fully saturated rings. The van der Waals surface area contributed by atoms with Crippen LogP contribution in [0.25, 0.3) is 10.2 Å². The number of amides is 1. The zero-order valence-corrected chi connectivity index (χ0v) is 16.2. The first-order chi connectivity index (χ1) is 12.9. The fraction of sp³-hybridized carbons (Fsp3) is 0.389. The smallest absolute Gasteiger partial charge is 0.264 e. The molecular formula is C18H22N4O4S. The normalized spacial score (nSPS) is 12.3. The summed E-state index contributed by atoms with van der Waals surface area (Å²) in [6.07, 6.45) is 0.490. The van der Waals surface area contributed by atoms with Crippen molar-refractivity contribution in [2.45, 2.75) is 26.5 Å². The third-order valence-corrected chi connectivity index (χ3v) is 5.38. The van der Waals surface area contributed by atoms with Crippen molar-refractivity contribution in [1.29, 1.82) is 0 Å². The zero-order chi connectivity index (χ0) is 19.6. The summed E-state index contributed by atoms with van der Waals surface area (Å²) in [4.78, 5) is 24.0. The molecule has 1 unspecified atom stereocenters. The van der Waals surface area contributed by atoms with E-state index in [-0.39, 0.29) is 12.5 Å². The molecule has 0 radical (unpaired) electrons. The van der Waals surface area contributed by atoms with Crippen LogP contribution in [-0.2, 0) is 6.54 Å². The quantitative estimate of drug-likeness (QED) is 0.565. The lowest BCUT2D eigenvalue weighted by molar-refractivity contribution is 0.0523. The predicted molar refractivity (Wildman–Crippen MR) is 103 cm³/mol. The van der Waals surface area contributed by atoms with Crippen LogP contribution in [0.2, 0.25) is 0 Å². The number of aromatic nitrogens is 2. The van der Waals surface area contributed by atoms with Gasteiger partial charge in [0.05, 0.1) is 29.5 Å². The van der Waals surface area contributed by atoms with Crippen molar-refractivity contribution in [2.24, 2.45) is 0 Å². The number of anilines is 1. The lowest BCUT2D eigenvalue weighted by atomic mass is 10.2. The predicted octanol–water partition coefficient (Wildman–Crippen LogP) is 1.94. The molecule has 0 aliphatic carbocycles. The maximum Gasteiger partial charge on any atom is 0.264 e. The van der Waals surface area contributed by atoms with E-state index in [1.54, 1.807) is 7.05 Å². The molecule has 3 N–H and O–H groups in total. The minimum Gasteiger partial charge on any atom is -0.465 e. The van der Waals surface area contributed by atoms with Crippen molar-refractivity contribution in [3.8, 4) is 0 Å². The van der Waals surface area contributed by atoms with Gasteiger partial charge >= 0.3 is 0 Å². The Bertz CT molecular complexity index is 952. The van der Waals surface area contributed by atoms with Crippen LogP contribution >= 0.6 is 11.3 Å². The Hall–Kier alpha value is -2.49. The molecule has 0 aliphatic rings. The van der Waals surface area contributed by atoms with Gasteiger partial charge in [0, 0.05) is 13.6 Å². The number of hydrogen-bond donors (Lipinski definition) is 3. The summed E-state index contributed by atoms with van der Waals surface area (Å²) in [5, 5.41) is 22.6. The van der Waals surface area contributed by atoms with E-state index in [0.717, 1.165) is 22.5 Å². The Morgan fingerprint density at radius 3 is 2.81 bits per heavy atom. The highest BCUT2D eigenvalue weighted by Crippen LogP contribution is 2.34. The number of carbonyl (C=O) groups is 1. The Labute approximate surface area is 160 Å². The van der Waals surface area contributed by atoms with Gasteiger partial charge in [-0.1, -0.05) is 0 Å². The van der Waals surface area contributed by atoms with Crippen LogP contribution in [0, 0.1) is 13.8 Å². The standard InChI is InChI=1S/C18H22N4O4S/c1-10-4-5-13(26-10)6-19-16-14-11(2)15(27-17(14)21-9-20-16)18(25)22(3)7-12(24)8-23/h4-5,9,12,23-24H,6-8H2,1-3H3,(H,19,20,21). The third-order valence-electron chi connectivity index (χ3n) is 4.19. The van der Waals surface area contributed by atoms with Gasteiger partial charge in [-0.2, -0.15) is 0 Å². The molecule has 1 atom stereocenters. The van der Waals surface area contributed by atoms with Crippen molar-refractivity contribution in [2.75, 3.05) is 25.5 Å². The van der Waals surface area contributed by atoms with Crippen molar-refractivity contribution in [3.63, 3.8) is 0 Å². The summed E-state index contributed by atoms with van der Waals surface area (Å²) in [5.74, 6) is 2.05. The highest BCUT2D eigenvalue weighted by molar-refractivity contribution is 7.20. The Kier molecular flexibility index (Phi) is 5.73. The van der Waals surface area contributed by atoms with Gasteiger partial charge in [0.1, 0.15) is 28.5 Å². The van der Waals surface area contributed by atoms with Gasteiger partial charge in [-0.15, -0.1) is 11.3 Å². The average Bonchev–Trinajstić information content (AvgIpc) is 3.22. The van der Waals surface area contributed by atoms with Crippen molar-refractivity contribution in [1.82, 2.24) is 14.9 Å². The molecule has 0 spiro atoms. The van der Waals surface area contributed by atoms with E-state index in [1.165, 1.54) is 22.6 Å². The molecule has 144 valence electrons. The minimum absolute atomic E-state index is 0.0532. The molecule has 8 nitrogen and oxygen atoms in total. The third kappa shape index (κ3) is 4.10. The fourth-order valence-electron chi connectivity index (χ4n) is 2.79. The van der Waals surface area contributed by atoms with Gasteiger partial charge in [0.15, 0.2) is 0 Å². The number of nitrogens with zero attached hydrogens (tertiary/aromatic N) is 3. The van der Waals surface area contributed by atoms with Crippen LogP contribution in [0.4, 0.5) is 5.82 Å². The number of fused-ring (bicyclic) bond motifs is 1. The minimum atomic E-state index is -0.970. The second-order valence-corrected chi connectivity index (χ2v) is 7.35. The first-order valence-corrected chi connectivity index (χ1v) is 9.30. The van der Waals surface area contributed by atoms with Crippen molar-refractivity contribution in [3.05, 3.63) is 40.4 Å². The molecule has 3 aromatic rings. The maximum atomic E-state index is 12.7. The van der Waals surface area contributed by atoms with Gasteiger partial charge in [0.2, 0.25) is 0 Å². The second-order valence-electron chi connectivity index (χ2n) is 6.35. The second kappa shape index (κ2) is 8.03. The highest BCUT2D eigenvalue weighted by Gasteiger charge is 2.23. The van der Waals surface area contributed by atoms with Gasteiger partial charge in [-0.25, -0.2) is 9.97 Å². The number of nitrogens with one attached hydrogen (secondary N) is 1. The molecule has 3 rings (SSSR count). The summed E-state index contributed by atoms with van der Waals surface area (Å²) in [6.45, 7) is 3.87. The number of aryl methyl sites for hydroxylation is 2. The van der Waals surface area contributed by atoms with E-state index >= 15 is 0 Å². The van der Waals surface area contributed by atoms with E-state index < -0.39 is 12.7 Å². The van der Waals surface area contributed by atoms with Crippen LogP contribution in [0.5, 0.6) is 0 Å². The summed E-state index contributed by atoms with van der Waals surface area (Å²) in [6, 6.07) is 3.80. The van der Waals surface area contributed by atoms with Gasteiger partial charge < -0.3 is 24.8 Å². The number of carbonyl (C=O) groups excluding carboxylic acids is 1. The summed E-state index contributed by atoms with van der Waals surface area (Å²) < 4.78 is 5.56. The van der Waals surface area contributed by atoms with E-state index in [9.17, 15) is 9.90 Å². The fourth-order valence-corrected chi connectivity index (χ4v) is 3.93.